The maximum Gasteiger partial charge on any atom is 0.0981 e. The van der Waals surface area contributed by atoms with Crippen LogP contribution in [0.3, 0.4) is 0 Å². The van der Waals surface area contributed by atoms with Crippen molar-refractivity contribution in [2.45, 2.75) is 51.9 Å². The lowest BCUT2D eigenvalue weighted by molar-refractivity contribution is 0.572. The summed E-state index contributed by atoms with van der Waals surface area (Å²) in [5, 5.41) is 2.44. The van der Waals surface area contributed by atoms with E-state index in [-0.39, 0.29) is 0 Å². The Morgan fingerprint density at radius 3 is 2.53 bits per heavy atom. The van der Waals surface area contributed by atoms with Crippen LogP contribution in [0.2, 0.25) is 0 Å². The fourth-order valence-electron chi connectivity index (χ4n) is 2.28. The SMILES string of the molecule is CCCCCCCCc1ccc2cocc2c1. The van der Waals surface area contributed by atoms with Gasteiger partial charge in [0.05, 0.1) is 12.5 Å². The van der Waals surface area contributed by atoms with Gasteiger partial charge in [0.25, 0.3) is 0 Å². The summed E-state index contributed by atoms with van der Waals surface area (Å²) in [6, 6.07) is 6.64. The largest absolute Gasteiger partial charge is 0.471 e. The molecule has 92 valence electrons. The molecule has 1 heteroatoms. The molecule has 0 aliphatic rings. The van der Waals surface area contributed by atoms with Crippen LogP contribution in [0.15, 0.2) is 35.1 Å². The predicted molar refractivity (Wildman–Crippen MR) is 73.3 cm³/mol. The summed E-state index contributed by atoms with van der Waals surface area (Å²) in [7, 11) is 0. The topological polar surface area (TPSA) is 13.1 Å². The third kappa shape index (κ3) is 3.62. The summed E-state index contributed by atoms with van der Waals surface area (Å²) in [6.45, 7) is 2.26. The molecule has 2 aromatic rings. The molecule has 0 fully saturated rings. The normalized spacial score (nSPS) is 11.1. The van der Waals surface area contributed by atoms with Crippen molar-refractivity contribution < 1.29 is 4.42 Å². The summed E-state index contributed by atoms with van der Waals surface area (Å²) >= 11 is 0. The van der Waals surface area contributed by atoms with Crippen molar-refractivity contribution in [2.24, 2.45) is 0 Å². The minimum atomic E-state index is 1.20. The number of furan rings is 1. The highest BCUT2D eigenvalue weighted by Gasteiger charge is 1.98. The van der Waals surface area contributed by atoms with Crippen LogP contribution in [0.1, 0.15) is 51.0 Å². The smallest absolute Gasteiger partial charge is 0.0981 e. The van der Waals surface area contributed by atoms with E-state index in [1.54, 1.807) is 0 Å². The summed E-state index contributed by atoms with van der Waals surface area (Å²) in [5.74, 6) is 0. The van der Waals surface area contributed by atoms with E-state index >= 15 is 0 Å². The van der Waals surface area contributed by atoms with Gasteiger partial charge in [-0.15, -0.1) is 0 Å². The van der Waals surface area contributed by atoms with Gasteiger partial charge in [0, 0.05) is 10.8 Å². The second-order valence-corrected chi connectivity index (χ2v) is 4.85. The van der Waals surface area contributed by atoms with Gasteiger partial charge in [-0.2, -0.15) is 0 Å². The highest BCUT2D eigenvalue weighted by atomic mass is 16.3. The number of aryl methyl sites for hydroxylation is 1. The average molecular weight is 230 g/mol. The fraction of sp³-hybridized carbons (Fsp3) is 0.500. The summed E-state index contributed by atoms with van der Waals surface area (Å²) in [4.78, 5) is 0. The maximum atomic E-state index is 5.19. The Morgan fingerprint density at radius 1 is 0.882 bits per heavy atom. The van der Waals surface area contributed by atoms with Crippen LogP contribution in [0, 0.1) is 0 Å². The molecule has 2 rings (SSSR count). The molecular formula is C16H22O. The third-order valence-corrected chi connectivity index (χ3v) is 3.36. The van der Waals surface area contributed by atoms with Gasteiger partial charge >= 0.3 is 0 Å². The van der Waals surface area contributed by atoms with E-state index in [1.807, 2.05) is 12.5 Å². The Labute approximate surface area is 104 Å². The second kappa shape index (κ2) is 6.48. The Bertz CT molecular complexity index is 441. The summed E-state index contributed by atoms with van der Waals surface area (Å²) in [6.07, 6.45) is 13.0. The average Bonchev–Trinajstić information content (AvgIpc) is 2.81. The van der Waals surface area contributed by atoms with Crippen LogP contribution in [0.5, 0.6) is 0 Å². The Balaban J connectivity index is 1.75. The molecule has 1 heterocycles. The van der Waals surface area contributed by atoms with E-state index in [9.17, 15) is 0 Å². The standard InChI is InChI=1S/C16H22O/c1-2-3-4-5-6-7-8-14-9-10-15-12-17-13-16(15)11-14/h9-13H,2-8H2,1H3. The van der Waals surface area contributed by atoms with E-state index in [0.717, 1.165) is 0 Å². The van der Waals surface area contributed by atoms with Gasteiger partial charge in [-0.25, -0.2) is 0 Å². The molecule has 0 bridgehead atoms. The first-order valence-electron chi connectivity index (χ1n) is 6.85. The molecule has 0 saturated heterocycles. The van der Waals surface area contributed by atoms with Crippen LogP contribution < -0.4 is 0 Å². The fourth-order valence-corrected chi connectivity index (χ4v) is 2.28. The number of rotatable bonds is 7. The first-order valence-corrected chi connectivity index (χ1v) is 6.85. The van der Waals surface area contributed by atoms with Gasteiger partial charge in [0.15, 0.2) is 0 Å². The number of benzene rings is 1. The molecule has 1 aromatic heterocycles. The molecule has 0 radical (unpaired) electrons. The van der Waals surface area contributed by atoms with Crippen LogP contribution in [0.25, 0.3) is 10.8 Å². The van der Waals surface area contributed by atoms with Crippen molar-refractivity contribution in [3.63, 3.8) is 0 Å². The van der Waals surface area contributed by atoms with Gasteiger partial charge in [0.2, 0.25) is 0 Å². The molecule has 0 aliphatic carbocycles. The molecule has 0 unspecified atom stereocenters. The van der Waals surface area contributed by atoms with Crippen molar-refractivity contribution >= 4 is 10.8 Å². The third-order valence-electron chi connectivity index (χ3n) is 3.36. The molecule has 0 amide bonds. The van der Waals surface area contributed by atoms with E-state index < -0.39 is 0 Å². The van der Waals surface area contributed by atoms with Gasteiger partial charge in [0.1, 0.15) is 0 Å². The zero-order valence-electron chi connectivity index (χ0n) is 10.7. The van der Waals surface area contributed by atoms with Crippen molar-refractivity contribution in [1.29, 1.82) is 0 Å². The van der Waals surface area contributed by atoms with Crippen molar-refractivity contribution in [1.82, 2.24) is 0 Å². The van der Waals surface area contributed by atoms with Gasteiger partial charge in [-0.05, 0) is 24.5 Å². The zero-order chi connectivity index (χ0) is 11.9. The first-order chi connectivity index (χ1) is 8.40. The van der Waals surface area contributed by atoms with Gasteiger partial charge in [-0.1, -0.05) is 51.2 Å². The summed E-state index contributed by atoms with van der Waals surface area (Å²) in [5.41, 5.74) is 1.44. The second-order valence-electron chi connectivity index (χ2n) is 4.85. The van der Waals surface area contributed by atoms with Crippen molar-refractivity contribution in [3.05, 3.63) is 36.3 Å². The quantitative estimate of drug-likeness (QED) is 0.585. The van der Waals surface area contributed by atoms with Crippen LogP contribution in [0.4, 0.5) is 0 Å². The number of hydrogen-bond donors (Lipinski definition) is 0. The van der Waals surface area contributed by atoms with Gasteiger partial charge in [-0.3, -0.25) is 0 Å². The zero-order valence-corrected chi connectivity index (χ0v) is 10.7. The van der Waals surface area contributed by atoms with Crippen LogP contribution in [-0.4, -0.2) is 0 Å². The molecule has 1 nitrogen and oxygen atoms in total. The lowest BCUT2D eigenvalue weighted by atomic mass is 10.0. The number of hydrogen-bond acceptors (Lipinski definition) is 1. The molecule has 0 spiro atoms. The highest BCUT2D eigenvalue weighted by Crippen LogP contribution is 2.18. The highest BCUT2D eigenvalue weighted by molar-refractivity contribution is 5.81. The van der Waals surface area contributed by atoms with E-state index in [4.69, 9.17) is 4.42 Å². The molecule has 1 aromatic carbocycles. The molecule has 0 aliphatic heterocycles. The monoisotopic (exact) mass is 230 g/mol. The maximum absolute atomic E-state index is 5.19. The number of unbranched alkanes of at least 4 members (excludes halogenated alkanes) is 5. The minimum Gasteiger partial charge on any atom is -0.471 e. The number of fused-ring (bicyclic) bond motifs is 1. The minimum absolute atomic E-state index is 1.20. The lowest BCUT2D eigenvalue weighted by Gasteiger charge is -2.02. The van der Waals surface area contributed by atoms with Crippen LogP contribution in [-0.2, 0) is 6.42 Å². The summed E-state index contributed by atoms with van der Waals surface area (Å²) < 4.78 is 5.19. The Hall–Kier alpha value is -1.24. The van der Waals surface area contributed by atoms with Crippen molar-refractivity contribution in [3.8, 4) is 0 Å². The van der Waals surface area contributed by atoms with Crippen molar-refractivity contribution in [2.75, 3.05) is 0 Å². The van der Waals surface area contributed by atoms with E-state index in [2.05, 4.69) is 25.1 Å². The Morgan fingerprint density at radius 2 is 1.65 bits per heavy atom. The molecule has 0 saturated carbocycles. The molecule has 0 atom stereocenters. The molecular weight excluding hydrogens is 208 g/mol. The first kappa shape index (κ1) is 12.2. The van der Waals surface area contributed by atoms with E-state index in [0.29, 0.717) is 0 Å². The van der Waals surface area contributed by atoms with Gasteiger partial charge < -0.3 is 4.42 Å². The lowest BCUT2D eigenvalue weighted by Crippen LogP contribution is -1.86. The Kier molecular flexibility index (Phi) is 4.66. The molecule has 0 N–H and O–H groups in total. The molecule has 17 heavy (non-hydrogen) atoms. The predicted octanol–water partition coefficient (Wildman–Crippen LogP) is 5.34. The van der Waals surface area contributed by atoms with E-state index in [1.165, 1.54) is 61.3 Å². The van der Waals surface area contributed by atoms with Crippen LogP contribution >= 0.6 is 0 Å².